The first kappa shape index (κ1) is 35.1. The maximum atomic E-state index is 13.4. The zero-order valence-corrected chi connectivity index (χ0v) is 28.1. The molecule has 1 atom stereocenters. The molecule has 3 aromatic carbocycles. The Morgan fingerprint density at radius 3 is 1.85 bits per heavy atom. The van der Waals surface area contributed by atoms with Gasteiger partial charge in [0, 0.05) is 56.0 Å². The summed E-state index contributed by atoms with van der Waals surface area (Å²) in [6.07, 6.45) is -7.04. The minimum Gasteiger partial charge on any atom is -0.337 e. The topological polar surface area (TPSA) is 20.3 Å². The standard InChI is InChI=1S/C37H39Cl2F6N2O/c38-31-7-6-30(21-32(31)39)35(13-17-47-14-10-34(11-15-47,12-16-47)29-4-2-1-3-5-29)9-8-33(48)46(25-35)24-28-19-26(22-36(40,41)42)18-27(20-28)23-37(43,44)45/h1-7,18-21H,8-17,22-25H2/q+1. The van der Waals surface area contributed by atoms with Gasteiger partial charge in [0.05, 0.1) is 49.1 Å². The third kappa shape index (κ3) is 7.84. The van der Waals surface area contributed by atoms with Crippen LogP contribution in [0, 0.1) is 0 Å². The van der Waals surface area contributed by atoms with Crippen molar-refractivity contribution in [3.63, 3.8) is 0 Å². The molecule has 2 bridgehead atoms. The second-order valence-electron chi connectivity index (χ2n) is 14.3. The third-order valence-corrected chi connectivity index (χ3v) is 11.9. The smallest absolute Gasteiger partial charge is 0.337 e. The quantitative estimate of drug-likeness (QED) is 0.160. The minimum atomic E-state index is -4.59. The first-order valence-corrected chi connectivity index (χ1v) is 17.2. The lowest BCUT2D eigenvalue weighted by Gasteiger charge is -2.56. The number of hydrogen-bond donors (Lipinski definition) is 0. The summed E-state index contributed by atoms with van der Waals surface area (Å²) in [5, 5.41) is 0.799. The Morgan fingerprint density at radius 2 is 1.29 bits per heavy atom. The molecule has 1 amide bonds. The molecule has 11 heteroatoms. The van der Waals surface area contributed by atoms with E-state index >= 15 is 0 Å². The Morgan fingerprint density at radius 1 is 0.708 bits per heavy atom. The zero-order chi connectivity index (χ0) is 34.4. The first-order chi connectivity index (χ1) is 22.6. The van der Waals surface area contributed by atoms with Crippen LogP contribution in [0.25, 0.3) is 0 Å². The molecular formula is C37H39Cl2F6N2O+. The monoisotopic (exact) mass is 711 g/mol. The van der Waals surface area contributed by atoms with Gasteiger partial charge >= 0.3 is 12.4 Å². The maximum absolute atomic E-state index is 13.4. The number of alkyl halides is 6. The molecule has 4 aliphatic rings. The molecule has 0 N–H and O–H groups in total. The van der Waals surface area contributed by atoms with Crippen LogP contribution in [0.3, 0.4) is 0 Å². The molecule has 48 heavy (non-hydrogen) atoms. The summed E-state index contributed by atoms with van der Waals surface area (Å²) in [5.74, 6) is -0.181. The van der Waals surface area contributed by atoms with Gasteiger partial charge in [0.2, 0.25) is 5.91 Å². The van der Waals surface area contributed by atoms with Crippen LogP contribution in [0.5, 0.6) is 0 Å². The van der Waals surface area contributed by atoms with Crippen molar-refractivity contribution < 1.29 is 35.6 Å². The SMILES string of the molecule is O=C1CCC(CC[N+]23CCC(c4ccccc4)(CC2)CC3)(c2ccc(Cl)c(Cl)c2)CN1Cc1cc(CC(F)(F)F)cc(CC(F)(F)F)c1. The highest BCUT2D eigenvalue weighted by molar-refractivity contribution is 6.42. The van der Waals surface area contributed by atoms with Crippen molar-refractivity contribution >= 4 is 29.1 Å². The van der Waals surface area contributed by atoms with Crippen LogP contribution in [0.4, 0.5) is 26.3 Å². The second-order valence-corrected chi connectivity index (χ2v) is 15.1. The normalized spacial score (nSPS) is 26.2. The van der Waals surface area contributed by atoms with E-state index in [0.717, 1.165) is 68.0 Å². The fourth-order valence-electron chi connectivity index (χ4n) is 8.48. The number of fused-ring (bicyclic) bond motifs is 3. The van der Waals surface area contributed by atoms with Gasteiger partial charge in [-0.2, -0.15) is 26.3 Å². The molecule has 0 aliphatic carbocycles. The van der Waals surface area contributed by atoms with Crippen LogP contribution in [0.15, 0.2) is 66.7 Å². The van der Waals surface area contributed by atoms with E-state index in [1.54, 1.807) is 11.0 Å². The molecule has 1 unspecified atom stereocenters. The van der Waals surface area contributed by atoms with Crippen molar-refractivity contribution in [2.75, 3.05) is 32.7 Å². The number of carbonyl (C=O) groups is 1. The summed E-state index contributed by atoms with van der Waals surface area (Å²) in [4.78, 5) is 15.0. The van der Waals surface area contributed by atoms with Crippen molar-refractivity contribution in [1.29, 1.82) is 0 Å². The van der Waals surface area contributed by atoms with E-state index in [4.69, 9.17) is 23.2 Å². The first-order valence-electron chi connectivity index (χ1n) is 16.5. The molecule has 4 saturated heterocycles. The van der Waals surface area contributed by atoms with E-state index in [2.05, 4.69) is 24.3 Å². The van der Waals surface area contributed by atoms with Gasteiger partial charge < -0.3 is 9.38 Å². The summed E-state index contributed by atoms with van der Waals surface area (Å²) in [5.41, 5.74) is 1.79. The molecule has 7 rings (SSSR count). The Hall–Kier alpha value is -2.75. The number of halogens is 8. The van der Waals surface area contributed by atoms with Crippen LogP contribution in [0.1, 0.15) is 66.3 Å². The maximum Gasteiger partial charge on any atom is 0.393 e. The number of nitrogens with zero attached hydrogens (tertiary/aromatic N) is 2. The molecule has 4 heterocycles. The molecule has 0 aromatic heterocycles. The summed E-state index contributed by atoms with van der Waals surface area (Å²) in [6, 6.07) is 19.8. The number of carbonyl (C=O) groups excluding carboxylic acids is 1. The van der Waals surface area contributed by atoms with Gasteiger partial charge in [-0.15, -0.1) is 0 Å². The Kier molecular flexibility index (Phi) is 9.63. The van der Waals surface area contributed by atoms with Crippen LogP contribution >= 0.6 is 23.2 Å². The van der Waals surface area contributed by atoms with Crippen LogP contribution in [0.2, 0.25) is 10.0 Å². The Balaban J connectivity index is 1.26. The lowest BCUT2D eigenvalue weighted by atomic mass is 9.65. The summed E-state index contributed by atoms with van der Waals surface area (Å²) < 4.78 is 80.9. The molecule has 258 valence electrons. The van der Waals surface area contributed by atoms with E-state index in [-0.39, 0.29) is 47.5 Å². The average molecular weight is 713 g/mol. The number of benzene rings is 3. The molecule has 0 spiro atoms. The van der Waals surface area contributed by atoms with Crippen molar-refractivity contribution in [2.24, 2.45) is 0 Å². The number of rotatable bonds is 9. The van der Waals surface area contributed by atoms with E-state index in [9.17, 15) is 31.1 Å². The Labute approximate surface area is 287 Å². The Bertz CT molecular complexity index is 1580. The van der Waals surface area contributed by atoms with Crippen LogP contribution < -0.4 is 0 Å². The van der Waals surface area contributed by atoms with Crippen molar-refractivity contribution in [2.45, 2.75) is 81.1 Å². The second kappa shape index (κ2) is 13.2. The summed E-state index contributed by atoms with van der Waals surface area (Å²) in [7, 11) is 0. The van der Waals surface area contributed by atoms with Crippen LogP contribution in [-0.4, -0.2) is 60.4 Å². The highest BCUT2D eigenvalue weighted by Gasteiger charge is 2.51. The predicted molar refractivity (Wildman–Crippen MR) is 175 cm³/mol. The molecule has 3 nitrogen and oxygen atoms in total. The molecule has 3 aromatic rings. The zero-order valence-electron chi connectivity index (χ0n) is 26.6. The third-order valence-electron chi connectivity index (χ3n) is 11.1. The van der Waals surface area contributed by atoms with E-state index in [1.807, 2.05) is 18.2 Å². The molecule has 0 saturated carbocycles. The number of amides is 1. The van der Waals surface area contributed by atoms with Gasteiger partial charge in [-0.3, -0.25) is 4.79 Å². The number of piperidine rings is 4. The van der Waals surface area contributed by atoms with Gasteiger partial charge in [0.15, 0.2) is 0 Å². The van der Waals surface area contributed by atoms with Gasteiger partial charge in [-0.05, 0) is 46.4 Å². The predicted octanol–water partition coefficient (Wildman–Crippen LogP) is 9.61. The lowest BCUT2D eigenvalue weighted by Crippen LogP contribution is -2.64. The van der Waals surface area contributed by atoms with E-state index < -0.39 is 30.6 Å². The molecule has 4 aliphatic heterocycles. The van der Waals surface area contributed by atoms with Gasteiger partial charge in [0.25, 0.3) is 0 Å². The minimum absolute atomic E-state index is 0.0853. The largest absolute Gasteiger partial charge is 0.393 e. The number of quaternary nitrogens is 1. The van der Waals surface area contributed by atoms with E-state index in [0.29, 0.717) is 16.5 Å². The highest BCUT2D eigenvalue weighted by atomic mass is 35.5. The van der Waals surface area contributed by atoms with Crippen LogP contribution in [-0.2, 0) is 35.0 Å². The molecule has 4 fully saturated rings. The lowest BCUT2D eigenvalue weighted by molar-refractivity contribution is -0.944. The van der Waals surface area contributed by atoms with Crippen molar-refractivity contribution in [3.05, 3.63) is 105 Å². The molecular weight excluding hydrogens is 673 g/mol. The van der Waals surface area contributed by atoms with Gasteiger partial charge in [-0.25, -0.2) is 0 Å². The van der Waals surface area contributed by atoms with Gasteiger partial charge in [-0.1, -0.05) is 77.8 Å². The van der Waals surface area contributed by atoms with Crippen molar-refractivity contribution in [1.82, 2.24) is 4.90 Å². The summed E-state index contributed by atoms with van der Waals surface area (Å²) >= 11 is 12.8. The highest BCUT2D eigenvalue weighted by Crippen LogP contribution is 2.48. The number of likely N-dealkylation sites (tertiary alicyclic amines) is 1. The number of hydrogen-bond acceptors (Lipinski definition) is 1. The fourth-order valence-corrected chi connectivity index (χ4v) is 8.78. The molecule has 0 radical (unpaired) electrons. The fraction of sp³-hybridized carbons (Fsp3) is 0.486. The average Bonchev–Trinajstić information content (AvgIpc) is 3.02. The van der Waals surface area contributed by atoms with Crippen molar-refractivity contribution in [3.8, 4) is 0 Å². The summed E-state index contributed by atoms with van der Waals surface area (Å²) in [6.45, 7) is 4.26. The van der Waals surface area contributed by atoms with E-state index in [1.165, 1.54) is 17.7 Å². The van der Waals surface area contributed by atoms with Gasteiger partial charge in [0.1, 0.15) is 0 Å².